The molecule has 0 heterocycles. The van der Waals surface area contributed by atoms with Gasteiger partial charge in [0.15, 0.2) is 5.17 Å². The Morgan fingerprint density at radius 2 is 1.83 bits per heavy atom. The number of nitro benzene ring substituents is 1. The van der Waals surface area contributed by atoms with E-state index in [2.05, 4.69) is 16.4 Å². The Bertz CT molecular complexity index is 802. The fourth-order valence-corrected chi connectivity index (χ4v) is 1.83. The number of nitrogens with zero attached hydrogens (tertiary/aromatic N) is 3. The number of non-ortho nitro benzene ring substituents is 1. The minimum Gasteiger partial charge on any atom is -0.258 e. The molecule has 0 saturated carbocycles. The van der Waals surface area contributed by atoms with Crippen LogP contribution in [0.4, 0.5) is 18.9 Å². The summed E-state index contributed by atoms with van der Waals surface area (Å²) in [4.78, 5) is 10.1. The number of hydrogen-bond donors (Lipinski definition) is 0. The van der Waals surface area contributed by atoms with E-state index in [0.29, 0.717) is 5.56 Å². The maximum Gasteiger partial charge on any atom is 0.416 e. The summed E-state index contributed by atoms with van der Waals surface area (Å²) in [5, 5.41) is 17.7. The molecule has 0 saturated heterocycles. The Morgan fingerprint density at radius 1 is 1.17 bits per heavy atom. The largest absolute Gasteiger partial charge is 0.416 e. The average molecular weight is 355 g/mol. The average Bonchev–Trinajstić information content (AvgIpc) is 2.54. The van der Waals surface area contributed by atoms with Gasteiger partial charge in [-0.05, 0) is 12.1 Å². The summed E-state index contributed by atoms with van der Waals surface area (Å²) in [5.41, 5.74) is -0.380. The number of rotatable bonds is 4. The van der Waals surface area contributed by atoms with Crippen LogP contribution in [0.15, 0.2) is 58.7 Å². The minimum absolute atomic E-state index is 0.131. The Labute approximate surface area is 139 Å². The van der Waals surface area contributed by atoms with Gasteiger partial charge in [0, 0.05) is 23.3 Å². The summed E-state index contributed by atoms with van der Waals surface area (Å²) in [6.45, 7) is 0. The van der Waals surface area contributed by atoms with E-state index in [4.69, 9.17) is 11.6 Å². The molecule has 0 unspecified atom stereocenters. The van der Waals surface area contributed by atoms with Crippen LogP contribution in [0.25, 0.3) is 0 Å². The molecule has 9 heteroatoms. The molecule has 123 valence electrons. The van der Waals surface area contributed by atoms with Gasteiger partial charge in [-0.2, -0.15) is 13.2 Å². The van der Waals surface area contributed by atoms with Gasteiger partial charge < -0.3 is 0 Å². The van der Waals surface area contributed by atoms with Crippen LogP contribution in [-0.4, -0.2) is 16.3 Å². The first-order chi connectivity index (χ1) is 11.3. The van der Waals surface area contributed by atoms with Crippen molar-refractivity contribution in [2.75, 3.05) is 0 Å². The van der Waals surface area contributed by atoms with Crippen molar-refractivity contribution in [1.29, 1.82) is 0 Å². The molecule has 2 rings (SSSR count). The highest BCUT2D eigenvalue weighted by molar-refractivity contribution is 6.69. The van der Waals surface area contributed by atoms with E-state index >= 15 is 0 Å². The van der Waals surface area contributed by atoms with Gasteiger partial charge in [-0.25, -0.2) is 0 Å². The lowest BCUT2D eigenvalue weighted by atomic mass is 10.1. The first-order valence-electron chi connectivity index (χ1n) is 6.38. The molecule has 2 aromatic carbocycles. The second kappa shape index (κ2) is 7.22. The zero-order chi connectivity index (χ0) is 17.7. The lowest BCUT2D eigenvalue weighted by molar-refractivity contribution is -0.384. The van der Waals surface area contributed by atoms with E-state index in [0.717, 1.165) is 24.3 Å². The predicted octanol–water partition coefficient (Wildman–Crippen LogP) is 4.51. The molecule has 0 spiro atoms. The van der Waals surface area contributed by atoms with Crippen LogP contribution in [0.5, 0.6) is 0 Å². The van der Waals surface area contributed by atoms with Crippen LogP contribution in [-0.2, 0) is 6.18 Å². The molecule has 5 nitrogen and oxygen atoms in total. The Hall–Kier alpha value is -2.74. The summed E-state index contributed by atoms with van der Waals surface area (Å²) in [6, 6.07) is 9.61. The molecule has 0 bridgehead atoms. The van der Waals surface area contributed by atoms with Gasteiger partial charge in [0.2, 0.25) is 0 Å². The smallest absolute Gasteiger partial charge is 0.258 e. The van der Waals surface area contributed by atoms with E-state index in [-0.39, 0.29) is 16.4 Å². The van der Waals surface area contributed by atoms with E-state index in [1.165, 1.54) is 24.3 Å². The van der Waals surface area contributed by atoms with Crippen LogP contribution in [0.3, 0.4) is 0 Å². The van der Waals surface area contributed by atoms with Crippen LogP contribution in [0.2, 0.25) is 0 Å². The lowest BCUT2D eigenvalue weighted by Crippen LogP contribution is -2.04. The van der Waals surface area contributed by atoms with Gasteiger partial charge in [0.05, 0.1) is 10.5 Å². The maximum absolute atomic E-state index is 12.5. The summed E-state index contributed by atoms with van der Waals surface area (Å²) in [5.74, 6) is 0. The molecule has 0 atom stereocenters. The monoisotopic (exact) mass is 354 g/mol. The first-order valence-corrected chi connectivity index (χ1v) is 6.76. The molecule has 0 aromatic heterocycles. The summed E-state index contributed by atoms with van der Waals surface area (Å²) in [6.07, 6.45) is -1.99. The lowest BCUT2D eigenvalue weighted by Gasteiger charge is -2.06. The Morgan fingerprint density at radius 3 is 2.42 bits per heavy atom. The van der Waals surface area contributed by atoms with Crippen molar-refractivity contribution >= 4 is 28.7 Å². The number of alkyl halides is 3. The van der Waals surface area contributed by atoms with Gasteiger partial charge in [-0.15, -0.1) is 10.2 Å². The van der Waals surface area contributed by atoms with Crippen molar-refractivity contribution in [3.63, 3.8) is 0 Å². The van der Waals surface area contributed by atoms with Crippen molar-refractivity contribution < 1.29 is 18.1 Å². The third-order valence-electron chi connectivity index (χ3n) is 2.82. The summed E-state index contributed by atoms with van der Waals surface area (Å²) < 4.78 is 37.4. The van der Waals surface area contributed by atoms with E-state index in [9.17, 15) is 23.3 Å². The fourth-order valence-electron chi connectivity index (χ4n) is 1.67. The third-order valence-corrected chi connectivity index (χ3v) is 3.12. The highest BCUT2D eigenvalue weighted by Crippen LogP contribution is 2.29. The second-order valence-electron chi connectivity index (χ2n) is 4.49. The SMILES string of the molecule is O=[N+]([O-])c1cccc([C]=NN=C(Cl)c2ccc(C(F)(F)F)cc2)c1. The minimum atomic E-state index is -4.43. The second-order valence-corrected chi connectivity index (χ2v) is 4.84. The van der Waals surface area contributed by atoms with Gasteiger partial charge in [0.1, 0.15) is 6.21 Å². The summed E-state index contributed by atoms with van der Waals surface area (Å²) >= 11 is 5.85. The quantitative estimate of drug-likeness (QED) is 0.460. The van der Waals surface area contributed by atoms with Gasteiger partial charge in [-0.1, -0.05) is 35.9 Å². The molecule has 24 heavy (non-hydrogen) atoms. The zero-order valence-electron chi connectivity index (χ0n) is 11.8. The molecular weight excluding hydrogens is 347 g/mol. The highest BCUT2D eigenvalue weighted by atomic mass is 35.5. The molecule has 0 fully saturated rings. The van der Waals surface area contributed by atoms with Crippen LogP contribution in [0, 0.1) is 10.1 Å². The number of hydrogen-bond acceptors (Lipinski definition) is 4. The highest BCUT2D eigenvalue weighted by Gasteiger charge is 2.30. The van der Waals surface area contributed by atoms with Crippen LogP contribution in [0.1, 0.15) is 16.7 Å². The first kappa shape index (κ1) is 17.6. The van der Waals surface area contributed by atoms with Gasteiger partial charge >= 0.3 is 6.18 Å². The van der Waals surface area contributed by atoms with Crippen LogP contribution < -0.4 is 0 Å². The van der Waals surface area contributed by atoms with Crippen molar-refractivity contribution in [3.8, 4) is 0 Å². The maximum atomic E-state index is 12.5. The molecule has 2 aromatic rings. The molecule has 0 aliphatic heterocycles. The molecule has 1 radical (unpaired) electrons. The predicted molar refractivity (Wildman–Crippen MR) is 83.5 cm³/mol. The fraction of sp³-hybridized carbons (Fsp3) is 0.0667. The number of halogens is 4. The van der Waals surface area contributed by atoms with E-state index in [1.807, 2.05) is 0 Å². The van der Waals surface area contributed by atoms with Crippen molar-refractivity contribution in [1.82, 2.24) is 0 Å². The Kier molecular flexibility index (Phi) is 5.30. The van der Waals surface area contributed by atoms with Gasteiger partial charge in [-0.3, -0.25) is 10.1 Å². The normalized spacial score (nSPS) is 12.6. The zero-order valence-corrected chi connectivity index (χ0v) is 12.5. The van der Waals surface area contributed by atoms with E-state index < -0.39 is 16.7 Å². The van der Waals surface area contributed by atoms with Gasteiger partial charge in [0.25, 0.3) is 5.69 Å². The molecule has 0 amide bonds. The van der Waals surface area contributed by atoms with E-state index in [1.54, 1.807) is 0 Å². The van der Waals surface area contributed by atoms with Crippen molar-refractivity contribution in [2.24, 2.45) is 10.2 Å². The number of nitro groups is 1. The molecule has 0 aliphatic rings. The topological polar surface area (TPSA) is 67.9 Å². The third kappa shape index (κ3) is 4.63. The molecule has 0 N–H and O–H groups in total. The van der Waals surface area contributed by atoms with Crippen molar-refractivity contribution in [2.45, 2.75) is 6.18 Å². The molecule has 0 aliphatic carbocycles. The standard InChI is InChI=1S/C15H8ClF3N3O2/c16-14(11-4-6-12(7-5-11)15(17,18)19)21-20-9-10-2-1-3-13(8-10)22(23)24/h1-8H. The van der Waals surface area contributed by atoms with Crippen LogP contribution >= 0.6 is 11.6 Å². The summed E-state index contributed by atoms with van der Waals surface area (Å²) in [7, 11) is 0. The Balaban J connectivity index is 2.13. The molecular formula is C15H8ClF3N3O2. The van der Waals surface area contributed by atoms with Crippen molar-refractivity contribution in [3.05, 3.63) is 75.3 Å². The number of benzene rings is 2.